The van der Waals surface area contributed by atoms with E-state index in [0.29, 0.717) is 11.5 Å². The fourth-order valence-electron chi connectivity index (χ4n) is 1.08. The molecule has 0 bridgehead atoms. The Kier molecular flexibility index (Phi) is 5.40. The van der Waals surface area contributed by atoms with Crippen molar-refractivity contribution in [1.29, 1.82) is 0 Å². The van der Waals surface area contributed by atoms with Gasteiger partial charge in [-0.15, -0.1) is 11.8 Å². The fraction of sp³-hybridized carbons (Fsp3) is 0.417. The van der Waals surface area contributed by atoms with Crippen LogP contribution in [0.4, 0.5) is 0 Å². The van der Waals surface area contributed by atoms with Gasteiger partial charge in [-0.05, 0) is 24.6 Å². The second-order valence-corrected chi connectivity index (χ2v) is 5.49. The molecule has 1 rings (SSSR count). The summed E-state index contributed by atoms with van der Waals surface area (Å²) < 4.78 is 1.06. The van der Waals surface area contributed by atoms with Gasteiger partial charge < -0.3 is 0 Å². The number of thioether (sulfide) groups is 1. The predicted octanol–water partition coefficient (Wildman–Crippen LogP) is 4.16. The van der Waals surface area contributed by atoms with Crippen LogP contribution in [0.2, 0.25) is 0 Å². The van der Waals surface area contributed by atoms with Gasteiger partial charge in [0.25, 0.3) is 0 Å². The second-order valence-electron chi connectivity index (χ2n) is 3.52. The number of hydrogen-bond acceptors (Lipinski definition) is 2. The molecule has 82 valence electrons. The molecule has 1 aromatic rings. The Morgan fingerprint density at radius 1 is 1.53 bits per heavy atom. The van der Waals surface area contributed by atoms with Crippen LogP contribution in [0.5, 0.6) is 0 Å². The van der Waals surface area contributed by atoms with Gasteiger partial charge in [-0.3, -0.25) is 4.79 Å². The lowest BCUT2D eigenvalue weighted by Crippen LogP contribution is -2.11. The zero-order chi connectivity index (χ0) is 11.3. The van der Waals surface area contributed by atoms with Crippen LogP contribution in [-0.4, -0.2) is 11.5 Å². The molecule has 0 aliphatic carbocycles. The quantitative estimate of drug-likeness (QED) is 0.756. The van der Waals surface area contributed by atoms with Crippen LogP contribution >= 0.6 is 27.7 Å². The lowest BCUT2D eigenvalue weighted by atomic mass is 10.1. The maximum Gasteiger partial charge on any atom is 0.145 e. The third-order valence-electron chi connectivity index (χ3n) is 2.34. The zero-order valence-corrected chi connectivity index (χ0v) is 11.4. The van der Waals surface area contributed by atoms with Crippen molar-refractivity contribution in [3.63, 3.8) is 0 Å². The van der Waals surface area contributed by atoms with E-state index in [1.807, 2.05) is 38.1 Å². The Bertz CT molecular complexity index is 338. The van der Waals surface area contributed by atoms with Crippen molar-refractivity contribution in [1.82, 2.24) is 0 Å². The van der Waals surface area contributed by atoms with Gasteiger partial charge in [0.2, 0.25) is 0 Å². The first-order chi connectivity index (χ1) is 7.13. The number of Topliss-reactive ketones (excluding diaryl/α,β-unsaturated/α-hetero) is 1. The Morgan fingerprint density at radius 2 is 2.27 bits per heavy atom. The number of benzene rings is 1. The van der Waals surface area contributed by atoms with Crippen molar-refractivity contribution in [2.24, 2.45) is 5.92 Å². The van der Waals surface area contributed by atoms with E-state index >= 15 is 0 Å². The molecule has 0 saturated carbocycles. The monoisotopic (exact) mass is 286 g/mol. The average molecular weight is 287 g/mol. The third-order valence-corrected chi connectivity index (χ3v) is 3.85. The summed E-state index contributed by atoms with van der Waals surface area (Å²) in [6, 6.07) is 8.04. The van der Waals surface area contributed by atoms with Gasteiger partial charge in [0.05, 0.1) is 5.75 Å². The highest BCUT2D eigenvalue weighted by atomic mass is 79.9. The number of hydrogen-bond donors (Lipinski definition) is 0. The molecule has 0 amide bonds. The van der Waals surface area contributed by atoms with Gasteiger partial charge in [-0.25, -0.2) is 0 Å². The van der Waals surface area contributed by atoms with Crippen molar-refractivity contribution in [2.75, 3.05) is 5.75 Å². The number of carbonyl (C=O) groups is 1. The van der Waals surface area contributed by atoms with Gasteiger partial charge >= 0.3 is 0 Å². The van der Waals surface area contributed by atoms with Crippen molar-refractivity contribution >= 4 is 33.5 Å². The second kappa shape index (κ2) is 6.33. The van der Waals surface area contributed by atoms with E-state index in [2.05, 4.69) is 15.9 Å². The van der Waals surface area contributed by atoms with Crippen LogP contribution in [0.15, 0.2) is 33.6 Å². The highest BCUT2D eigenvalue weighted by molar-refractivity contribution is 9.10. The molecule has 3 heteroatoms. The SMILES string of the molecule is CCC(C)C(=O)CSc1cccc(Br)c1. The van der Waals surface area contributed by atoms with Crippen LogP contribution < -0.4 is 0 Å². The first-order valence-corrected chi connectivity index (χ1v) is 6.82. The molecule has 0 aliphatic rings. The summed E-state index contributed by atoms with van der Waals surface area (Å²) >= 11 is 5.02. The van der Waals surface area contributed by atoms with Crippen molar-refractivity contribution in [2.45, 2.75) is 25.2 Å². The molecule has 0 aliphatic heterocycles. The predicted molar refractivity (Wildman–Crippen MR) is 69.3 cm³/mol. The minimum Gasteiger partial charge on any atom is -0.298 e. The Morgan fingerprint density at radius 3 is 2.87 bits per heavy atom. The largest absolute Gasteiger partial charge is 0.298 e. The van der Waals surface area contributed by atoms with Crippen LogP contribution in [0.1, 0.15) is 20.3 Å². The Hall–Kier alpha value is -0.280. The summed E-state index contributed by atoms with van der Waals surface area (Å²) in [6.45, 7) is 4.04. The first-order valence-electron chi connectivity index (χ1n) is 5.04. The summed E-state index contributed by atoms with van der Waals surface area (Å²) in [5, 5.41) is 0. The average Bonchev–Trinajstić information content (AvgIpc) is 2.25. The summed E-state index contributed by atoms with van der Waals surface area (Å²) in [5.74, 6) is 1.10. The van der Waals surface area contributed by atoms with E-state index in [4.69, 9.17) is 0 Å². The molecule has 0 radical (unpaired) electrons. The fourth-order valence-corrected chi connectivity index (χ4v) is 2.61. The summed E-state index contributed by atoms with van der Waals surface area (Å²) in [7, 11) is 0. The summed E-state index contributed by atoms with van der Waals surface area (Å²) in [6.07, 6.45) is 0.928. The number of rotatable bonds is 5. The molecule has 0 fully saturated rings. The maximum absolute atomic E-state index is 11.6. The van der Waals surface area contributed by atoms with Gasteiger partial charge in [0, 0.05) is 15.3 Å². The number of halogens is 1. The number of carbonyl (C=O) groups excluding carboxylic acids is 1. The van der Waals surface area contributed by atoms with Crippen LogP contribution in [-0.2, 0) is 4.79 Å². The molecule has 0 N–H and O–H groups in total. The minimum atomic E-state index is 0.185. The van der Waals surface area contributed by atoms with E-state index < -0.39 is 0 Å². The number of ketones is 1. The van der Waals surface area contributed by atoms with Gasteiger partial charge in [-0.1, -0.05) is 35.8 Å². The first kappa shape index (κ1) is 12.8. The molecule has 1 unspecified atom stereocenters. The maximum atomic E-state index is 11.6. The van der Waals surface area contributed by atoms with E-state index in [9.17, 15) is 4.79 Å². The topological polar surface area (TPSA) is 17.1 Å². The van der Waals surface area contributed by atoms with Crippen LogP contribution in [0.3, 0.4) is 0 Å². The van der Waals surface area contributed by atoms with Crippen molar-refractivity contribution in [3.05, 3.63) is 28.7 Å². The normalized spacial score (nSPS) is 12.5. The van der Waals surface area contributed by atoms with Gasteiger partial charge in [-0.2, -0.15) is 0 Å². The highest BCUT2D eigenvalue weighted by Crippen LogP contribution is 2.22. The van der Waals surface area contributed by atoms with E-state index in [-0.39, 0.29) is 5.92 Å². The summed E-state index contributed by atoms with van der Waals surface area (Å²) in [5.41, 5.74) is 0. The Labute approximate surface area is 104 Å². The molecular weight excluding hydrogens is 272 g/mol. The van der Waals surface area contributed by atoms with Gasteiger partial charge in [0.1, 0.15) is 5.78 Å². The lowest BCUT2D eigenvalue weighted by molar-refractivity contribution is -0.119. The minimum absolute atomic E-state index is 0.185. The molecule has 0 heterocycles. The third kappa shape index (κ3) is 4.39. The molecular formula is C12H15BrOS. The Balaban J connectivity index is 2.47. The van der Waals surface area contributed by atoms with Crippen molar-refractivity contribution in [3.8, 4) is 0 Å². The molecule has 15 heavy (non-hydrogen) atoms. The van der Waals surface area contributed by atoms with E-state index in [0.717, 1.165) is 15.8 Å². The zero-order valence-electron chi connectivity index (χ0n) is 9.00. The molecule has 1 nitrogen and oxygen atoms in total. The standard InChI is InChI=1S/C12H15BrOS/c1-3-9(2)12(14)8-15-11-6-4-5-10(13)7-11/h4-7,9H,3,8H2,1-2H3. The lowest BCUT2D eigenvalue weighted by Gasteiger charge is -2.06. The highest BCUT2D eigenvalue weighted by Gasteiger charge is 2.10. The van der Waals surface area contributed by atoms with E-state index in [1.165, 1.54) is 0 Å². The molecule has 0 saturated heterocycles. The molecule has 1 atom stereocenters. The van der Waals surface area contributed by atoms with E-state index in [1.54, 1.807) is 11.8 Å². The van der Waals surface area contributed by atoms with Gasteiger partial charge in [0.15, 0.2) is 0 Å². The molecule has 0 spiro atoms. The smallest absolute Gasteiger partial charge is 0.145 e. The summed E-state index contributed by atoms with van der Waals surface area (Å²) in [4.78, 5) is 12.7. The van der Waals surface area contributed by atoms with Crippen LogP contribution in [0, 0.1) is 5.92 Å². The molecule has 1 aromatic carbocycles. The molecule has 0 aromatic heterocycles. The van der Waals surface area contributed by atoms with Crippen molar-refractivity contribution < 1.29 is 4.79 Å². The van der Waals surface area contributed by atoms with Crippen LogP contribution in [0.25, 0.3) is 0 Å².